The Morgan fingerprint density at radius 3 is 2.27 bits per heavy atom. The molecule has 0 saturated carbocycles. The third-order valence-corrected chi connectivity index (χ3v) is 0.814. The number of hydrogen-bond donors (Lipinski definition) is 2. The van der Waals surface area contributed by atoms with Gasteiger partial charge in [-0.1, -0.05) is 13.8 Å². The van der Waals surface area contributed by atoms with E-state index in [1.165, 1.54) is 6.92 Å². The van der Waals surface area contributed by atoms with Gasteiger partial charge < -0.3 is 10.4 Å². The van der Waals surface area contributed by atoms with E-state index in [1.807, 2.05) is 13.8 Å². The van der Waals surface area contributed by atoms with Crippen molar-refractivity contribution in [3.8, 4) is 0 Å². The minimum atomic E-state index is -0.371. The summed E-state index contributed by atoms with van der Waals surface area (Å²) in [6, 6.07) is 0. The molecular formula is C8H19NO2. The van der Waals surface area contributed by atoms with Crippen molar-refractivity contribution in [2.45, 2.75) is 33.8 Å². The van der Waals surface area contributed by atoms with E-state index >= 15 is 0 Å². The molecule has 0 aromatic rings. The number of carbonyl (C=O) groups is 1. The van der Waals surface area contributed by atoms with E-state index in [0.717, 1.165) is 0 Å². The Labute approximate surface area is 68.8 Å². The first-order chi connectivity index (χ1) is 5.13. The highest BCUT2D eigenvalue weighted by molar-refractivity contribution is 5.77. The van der Waals surface area contributed by atoms with Crippen LogP contribution in [0.3, 0.4) is 0 Å². The van der Waals surface area contributed by atoms with Gasteiger partial charge in [0.05, 0.1) is 12.6 Å². The van der Waals surface area contributed by atoms with Crippen LogP contribution in [-0.4, -0.2) is 30.1 Å². The zero-order valence-corrected chi connectivity index (χ0v) is 7.85. The Morgan fingerprint density at radius 1 is 1.55 bits per heavy atom. The van der Waals surface area contributed by atoms with Crippen LogP contribution in [-0.2, 0) is 4.79 Å². The Hall–Kier alpha value is -0.410. The minimum Gasteiger partial charge on any atom is -0.392 e. The monoisotopic (exact) mass is 161 g/mol. The molecular weight excluding hydrogens is 142 g/mol. The molecule has 0 aromatic heterocycles. The predicted octanol–water partition coefficient (Wildman–Crippen LogP) is 0.572. The summed E-state index contributed by atoms with van der Waals surface area (Å²) in [5, 5.41) is 11.5. The van der Waals surface area contributed by atoms with Gasteiger partial charge in [-0.2, -0.15) is 0 Å². The van der Waals surface area contributed by atoms with E-state index < -0.39 is 0 Å². The van der Waals surface area contributed by atoms with Crippen LogP contribution in [0.1, 0.15) is 27.7 Å². The number of nitrogens with one attached hydrogen (secondary N) is 1. The first-order valence-corrected chi connectivity index (χ1v) is 4.01. The van der Waals surface area contributed by atoms with Crippen LogP contribution in [0.5, 0.6) is 0 Å². The molecule has 2 N–H and O–H groups in total. The van der Waals surface area contributed by atoms with Gasteiger partial charge in [0.25, 0.3) is 0 Å². The molecule has 0 heterocycles. The van der Waals surface area contributed by atoms with E-state index in [1.54, 1.807) is 6.92 Å². The van der Waals surface area contributed by atoms with Crippen molar-refractivity contribution in [3.63, 3.8) is 0 Å². The zero-order chi connectivity index (χ0) is 9.28. The van der Waals surface area contributed by atoms with Gasteiger partial charge in [-0.25, -0.2) is 0 Å². The molecule has 11 heavy (non-hydrogen) atoms. The molecule has 0 aromatic carbocycles. The Bertz CT molecular complexity index is 92.1. The molecule has 0 amide bonds. The van der Waals surface area contributed by atoms with E-state index in [-0.39, 0.29) is 11.9 Å². The minimum absolute atomic E-state index is 0.0932. The standard InChI is InChI=1S/C6H13NO2.C2H6/c1-5(8)3-7-4-6(2)9;1-2/h5,7-8H,3-4H2,1-2H3;1-2H3. The average Bonchev–Trinajstić information content (AvgIpc) is 1.90. The lowest BCUT2D eigenvalue weighted by molar-refractivity contribution is -0.116. The van der Waals surface area contributed by atoms with Gasteiger partial charge in [0.1, 0.15) is 5.78 Å². The summed E-state index contributed by atoms with van der Waals surface area (Å²) in [6.45, 7) is 8.02. The van der Waals surface area contributed by atoms with Crippen LogP contribution in [0.25, 0.3) is 0 Å². The summed E-state index contributed by atoms with van der Waals surface area (Å²) in [5.41, 5.74) is 0. The lowest BCUT2D eigenvalue weighted by Crippen LogP contribution is -2.28. The molecule has 0 aliphatic heterocycles. The second-order valence-electron chi connectivity index (χ2n) is 2.18. The largest absolute Gasteiger partial charge is 0.392 e. The molecule has 0 spiro atoms. The maximum Gasteiger partial charge on any atom is 0.143 e. The smallest absolute Gasteiger partial charge is 0.143 e. The molecule has 0 bridgehead atoms. The van der Waals surface area contributed by atoms with Crippen LogP contribution in [0, 0.1) is 0 Å². The van der Waals surface area contributed by atoms with Crippen LogP contribution in [0.4, 0.5) is 0 Å². The highest BCUT2D eigenvalue weighted by Crippen LogP contribution is 1.73. The van der Waals surface area contributed by atoms with Crippen LogP contribution in [0.2, 0.25) is 0 Å². The van der Waals surface area contributed by atoms with Crippen LogP contribution < -0.4 is 5.32 Å². The number of ketones is 1. The molecule has 1 atom stereocenters. The maximum absolute atomic E-state index is 10.3. The third-order valence-electron chi connectivity index (χ3n) is 0.814. The summed E-state index contributed by atoms with van der Waals surface area (Å²) >= 11 is 0. The van der Waals surface area contributed by atoms with Crippen molar-refractivity contribution in [2.75, 3.05) is 13.1 Å². The second kappa shape index (κ2) is 9.59. The van der Waals surface area contributed by atoms with Crippen molar-refractivity contribution in [2.24, 2.45) is 0 Å². The second-order valence-corrected chi connectivity index (χ2v) is 2.18. The maximum atomic E-state index is 10.3. The van der Waals surface area contributed by atoms with E-state index in [4.69, 9.17) is 5.11 Å². The molecule has 0 aliphatic rings. The molecule has 1 unspecified atom stereocenters. The van der Waals surface area contributed by atoms with Gasteiger partial charge in [0.2, 0.25) is 0 Å². The van der Waals surface area contributed by atoms with Gasteiger partial charge in [-0.3, -0.25) is 4.79 Å². The fourth-order valence-electron chi connectivity index (χ4n) is 0.457. The Balaban J connectivity index is 0. The van der Waals surface area contributed by atoms with E-state index in [2.05, 4.69) is 5.32 Å². The molecule has 0 radical (unpaired) electrons. The lowest BCUT2D eigenvalue weighted by Gasteiger charge is -2.02. The van der Waals surface area contributed by atoms with Gasteiger partial charge in [0.15, 0.2) is 0 Å². The number of carbonyl (C=O) groups excluding carboxylic acids is 1. The Kier molecular flexibility index (Phi) is 11.5. The number of hydrogen-bond acceptors (Lipinski definition) is 3. The summed E-state index contributed by atoms with van der Waals surface area (Å²) in [5.74, 6) is 0.0932. The van der Waals surface area contributed by atoms with Crippen molar-refractivity contribution >= 4 is 5.78 Å². The van der Waals surface area contributed by atoms with Crippen molar-refractivity contribution in [1.29, 1.82) is 0 Å². The fraction of sp³-hybridized carbons (Fsp3) is 0.875. The molecule has 0 fully saturated rings. The van der Waals surface area contributed by atoms with Crippen molar-refractivity contribution in [1.82, 2.24) is 5.32 Å². The Morgan fingerprint density at radius 2 is 2.00 bits per heavy atom. The molecule has 3 heteroatoms. The SMILES string of the molecule is CC.CC(=O)CNCC(C)O. The zero-order valence-electron chi connectivity index (χ0n) is 7.85. The third kappa shape index (κ3) is 17.7. The van der Waals surface area contributed by atoms with Crippen LogP contribution in [0.15, 0.2) is 0 Å². The molecule has 0 aliphatic carbocycles. The lowest BCUT2D eigenvalue weighted by atomic mass is 10.4. The van der Waals surface area contributed by atoms with Gasteiger partial charge in [-0.15, -0.1) is 0 Å². The first kappa shape index (κ1) is 13.2. The first-order valence-electron chi connectivity index (χ1n) is 4.01. The summed E-state index contributed by atoms with van der Waals surface area (Å²) in [7, 11) is 0. The molecule has 68 valence electrons. The number of aliphatic hydroxyl groups excluding tert-OH is 1. The number of Topliss-reactive ketones (excluding diaryl/α,β-unsaturated/α-hetero) is 1. The summed E-state index contributed by atoms with van der Waals surface area (Å²) < 4.78 is 0. The number of rotatable bonds is 4. The number of aliphatic hydroxyl groups is 1. The normalized spacial score (nSPS) is 11.4. The topological polar surface area (TPSA) is 49.3 Å². The molecule has 0 rings (SSSR count). The van der Waals surface area contributed by atoms with Crippen LogP contribution >= 0.6 is 0 Å². The molecule has 0 saturated heterocycles. The van der Waals surface area contributed by atoms with Crippen molar-refractivity contribution < 1.29 is 9.90 Å². The average molecular weight is 161 g/mol. The predicted molar refractivity (Wildman–Crippen MR) is 46.6 cm³/mol. The van der Waals surface area contributed by atoms with Gasteiger partial charge in [-0.05, 0) is 13.8 Å². The highest BCUT2D eigenvalue weighted by atomic mass is 16.3. The summed E-state index contributed by atoms with van der Waals surface area (Å²) in [6.07, 6.45) is -0.371. The fourth-order valence-corrected chi connectivity index (χ4v) is 0.457. The van der Waals surface area contributed by atoms with Gasteiger partial charge in [0, 0.05) is 6.54 Å². The van der Waals surface area contributed by atoms with Gasteiger partial charge >= 0.3 is 0 Å². The highest BCUT2D eigenvalue weighted by Gasteiger charge is 1.94. The van der Waals surface area contributed by atoms with E-state index in [9.17, 15) is 4.79 Å². The molecule has 3 nitrogen and oxygen atoms in total. The van der Waals surface area contributed by atoms with E-state index in [0.29, 0.717) is 13.1 Å². The quantitative estimate of drug-likeness (QED) is 0.634. The summed E-state index contributed by atoms with van der Waals surface area (Å²) in [4.78, 5) is 10.3. The van der Waals surface area contributed by atoms with Crippen molar-refractivity contribution in [3.05, 3.63) is 0 Å².